The lowest BCUT2D eigenvalue weighted by Crippen LogP contribution is -2.14. The number of hydrogen-bond acceptors (Lipinski definition) is 8. The molecule has 0 aliphatic carbocycles. The molecule has 0 saturated heterocycles. The topological polar surface area (TPSA) is 109 Å². The fourth-order valence-electron chi connectivity index (χ4n) is 2.17. The van der Waals surface area contributed by atoms with Crippen LogP contribution >= 0.6 is 23.5 Å². The maximum atomic E-state index is 12.2. The maximum absolute atomic E-state index is 12.2. The second kappa shape index (κ2) is 6.95. The first-order valence-electron chi connectivity index (χ1n) is 7.26. The predicted molar refractivity (Wildman–Crippen MR) is 96.4 cm³/mol. The summed E-state index contributed by atoms with van der Waals surface area (Å²) in [5.74, 6) is 0.686. The molecule has 4 rings (SSSR count). The van der Waals surface area contributed by atoms with Crippen molar-refractivity contribution in [3.8, 4) is 11.4 Å². The van der Waals surface area contributed by atoms with Crippen LogP contribution in [0.4, 0.5) is 5.69 Å². The second-order valence-corrected chi connectivity index (χ2v) is 6.45. The third-order valence-electron chi connectivity index (χ3n) is 3.31. The molecule has 3 aromatic heterocycles. The van der Waals surface area contributed by atoms with Gasteiger partial charge < -0.3 is 5.32 Å². The number of nitrogens with one attached hydrogen (secondary N) is 2. The first-order chi connectivity index (χ1) is 12.3. The normalized spacial score (nSPS) is 10.9. The Kier molecular flexibility index (Phi) is 4.36. The molecular formula is C15H11N7OS2. The van der Waals surface area contributed by atoms with Crippen molar-refractivity contribution in [3.63, 3.8) is 0 Å². The van der Waals surface area contributed by atoms with E-state index in [4.69, 9.17) is 0 Å². The number of carbonyl (C=O) groups is 1. The van der Waals surface area contributed by atoms with Crippen LogP contribution in [0.5, 0.6) is 0 Å². The zero-order valence-electron chi connectivity index (χ0n) is 12.7. The minimum atomic E-state index is -0.152. The van der Waals surface area contributed by atoms with Crippen molar-refractivity contribution in [2.24, 2.45) is 0 Å². The number of amides is 1. The number of fused-ring (bicyclic) bond motifs is 1. The summed E-state index contributed by atoms with van der Waals surface area (Å²) >= 11 is 2.38. The molecule has 0 spiro atoms. The Morgan fingerprint density at radius 3 is 2.96 bits per heavy atom. The van der Waals surface area contributed by atoms with Crippen LogP contribution in [0.25, 0.3) is 22.4 Å². The van der Waals surface area contributed by atoms with Gasteiger partial charge in [0.05, 0.1) is 23.2 Å². The van der Waals surface area contributed by atoms with Gasteiger partial charge in [-0.2, -0.15) is 8.75 Å². The first kappa shape index (κ1) is 15.7. The Balaban J connectivity index is 1.39. The highest BCUT2D eigenvalue weighted by atomic mass is 32.2. The predicted octanol–water partition coefficient (Wildman–Crippen LogP) is 2.60. The lowest BCUT2D eigenvalue weighted by Gasteiger charge is -2.04. The van der Waals surface area contributed by atoms with Crippen molar-refractivity contribution in [2.75, 3.05) is 11.1 Å². The van der Waals surface area contributed by atoms with E-state index in [0.717, 1.165) is 22.8 Å². The van der Waals surface area contributed by atoms with Crippen LogP contribution in [-0.4, -0.2) is 40.6 Å². The number of anilines is 1. The standard InChI is InChI=1S/C15H11N7OS2/c23-12(17-10-2-1-3-11-13(10)22-25-21-11)8-24-15-18-14(19-20-15)9-4-6-16-7-5-9/h1-7H,8H2,(H,17,23)(H,18,19,20). The highest BCUT2D eigenvalue weighted by Gasteiger charge is 2.11. The molecule has 3 heterocycles. The average Bonchev–Trinajstić information content (AvgIpc) is 3.31. The van der Waals surface area contributed by atoms with E-state index in [-0.39, 0.29) is 11.7 Å². The SMILES string of the molecule is O=C(CSc1n[nH]c(-c2ccncc2)n1)Nc1cccc2nsnc12. The van der Waals surface area contributed by atoms with Gasteiger partial charge in [-0.3, -0.25) is 14.9 Å². The number of aromatic amines is 1. The number of thioether (sulfide) groups is 1. The van der Waals surface area contributed by atoms with Gasteiger partial charge in [0.2, 0.25) is 11.1 Å². The molecule has 4 aromatic rings. The number of aromatic nitrogens is 6. The molecule has 0 fully saturated rings. The van der Waals surface area contributed by atoms with Gasteiger partial charge in [-0.05, 0) is 24.3 Å². The Hall–Kier alpha value is -2.85. The summed E-state index contributed by atoms with van der Waals surface area (Å²) < 4.78 is 8.36. The van der Waals surface area contributed by atoms with Gasteiger partial charge in [0, 0.05) is 18.0 Å². The molecule has 1 aromatic carbocycles. The first-order valence-corrected chi connectivity index (χ1v) is 8.98. The van der Waals surface area contributed by atoms with Crippen molar-refractivity contribution in [2.45, 2.75) is 5.16 Å². The van der Waals surface area contributed by atoms with E-state index in [0.29, 0.717) is 22.2 Å². The van der Waals surface area contributed by atoms with E-state index in [1.165, 1.54) is 11.8 Å². The third kappa shape index (κ3) is 3.49. The number of pyridine rings is 1. The van der Waals surface area contributed by atoms with Crippen LogP contribution in [-0.2, 0) is 4.79 Å². The number of benzene rings is 1. The van der Waals surface area contributed by atoms with Crippen LogP contribution < -0.4 is 5.32 Å². The summed E-state index contributed by atoms with van der Waals surface area (Å²) in [5.41, 5.74) is 3.01. The smallest absolute Gasteiger partial charge is 0.234 e. The molecular weight excluding hydrogens is 358 g/mol. The van der Waals surface area contributed by atoms with Crippen molar-refractivity contribution < 1.29 is 4.79 Å². The molecule has 10 heteroatoms. The van der Waals surface area contributed by atoms with Crippen LogP contribution in [0, 0.1) is 0 Å². The quantitative estimate of drug-likeness (QED) is 0.520. The monoisotopic (exact) mass is 369 g/mol. The van der Waals surface area contributed by atoms with E-state index in [9.17, 15) is 4.79 Å². The summed E-state index contributed by atoms with van der Waals surface area (Å²) in [6.45, 7) is 0. The lowest BCUT2D eigenvalue weighted by molar-refractivity contribution is -0.113. The van der Waals surface area contributed by atoms with Crippen LogP contribution in [0.15, 0.2) is 47.9 Å². The largest absolute Gasteiger partial charge is 0.323 e. The minimum absolute atomic E-state index is 0.152. The second-order valence-electron chi connectivity index (χ2n) is 4.98. The maximum Gasteiger partial charge on any atom is 0.234 e. The van der Waals surface area contributed by atoms with Gasteiger partial charge in [-0.15, -0.1) is 5.10 Å². The van der Waals surface area contributed by atoms with E-state index >= 15 is 0 Å². The number of carbonyl (C=O) groups excluding carboxylic acids is 1. The third-order valence-corrected chi connectivity index (χ3v) is 4.70. The molecule has 25 heavy (non-hydrogen) atoms. The van der Waals surface area contributed by atoms with Gasteiger partial charge >= 0.3 is 0 Å². The highest BCUT2D eigenvalue weighted by Crippen LogP contribution is 2.22. The Labute approximate surface area is 150 Å². The summed E-state index contributed by atoms with van der Waals surface area (Å²) in [6, 6.07) is 9.18. The molecule has 124 valence electrons. The Morgan fingerprint density at radius 2 is 2.08 bits per heavy atom. The molecule has 0 aliphatic rings. The number of nitrogens with zero attached hydrogens (tertiary/aromatic N) is 5. The van der Waals surface area contributed by atoms with E-state index in [1.54, 1.807) is 18.5 Å². The van der Waals surface area contributed by atoms with Crippen molar-refractivity contribution >= 4 is 46.1 Å². The summed E-state index contributed by atoms with van der Waals surface area (Å²) in [5, 5.41) is 10.3. The summed E-state index contributed by atoms with van der Waals surface area (Å²) in [7, 11) is 0. The minimum Gasteiger partial charge on any atom is -0.323 e. The zero-order valence-corrected chi connectivity index (χ0v) is 14.3. The van der Waals surface area contributed by atoms with Crippen molar-refractivity contribution in [3.05, 3.63) is 42.7 Å². The molecule has 0 unspecified atom stereocenters. The molecule has 1 amide bonds. The van der Waals surface area contributed by atoms with Crippen molar-refractivity contribution in [1.29, 1.82) is 0 Å². The lowest BCUT2D eigenvalue weighted by atomic mass is 10.2. The highest BCUT2D eigenvalue weighted by molar-refractivity contribution is 7.99. The van der Waals surface area contributed by atoms with Gasteiger partial charge in [0.15, 0.2) is 5.82 Å². The molecule has 0 bridgehead atoms. The molecule has 0 saturated carbocycles. The molecule has 0 atom stereocenters. The van der Waals surface area contributed by atoms with Crippen molar-refractivity contribution in [1.82, 2.24) is 28.9 Å². The van der Waals surface area contributed by atoms with Crippen LogP contribution in [0.3, 0.4) is 0 Å². The fourth-order valence-corrected chi connectivity index (χ4v) is 3.32. The summed E-state index contributed by atoms with van der Waals surface area (Å²) in [6.07, 6.45) is 3.37. The molecule has 2 N–H and O–H groups in total. The van der Waals surface area contributed by atoms with E-state index in [2.05, 4.69) is 34.2 Å². The Bertz CT molecular complexity index is 1010. The van der Waals surface area contributed by atoms with Crippen LogP contribution in [0.1, 0.15) is 0 Å². The zero-order chi connectivity index (χ0) is 17.1. The van der Waals surface area contributed by atoms with Crippen LogP contribution in [0.2, 0.25) is 0 Å². The molecule has 8 nitrogen and oxygen atoms in total. The summed E-state index contributed by atoms with van der Waals surface area (Å²) in [4.78, 5) is 20.5. The number of rotatable bonds is 5. The van der Waals surface area contributed by atoms with Gasteiger partial charge in [-0.1, -0.05) is 17.8 Å². The Morgan fingerprint density at radius 1 is 1.20 bits per heavy atom. The van der Waals surface area contributed by atoms with Gasteiger partial charge in [-0.25, -0.2) is 4.98 Å². The van der Waals surface area contributed by atoms with E-state index < -0.39 is 0 Å². The molecule has 0 radical (unpaired) electrons. The fraction of sp³-hybridized carbons (Fsp3) is 0.0667. The molecule has 0 aliphatic heterocycles. The number of hydrogen-bond donors (Lipinski definition) is 2. The average molecular weight is 369 g/mol. The van der Waals surface area contributed by atoms with E-state index in [1.807, 2.05) is 24.3 Å². The van der Waals surface area contributed by atoms with Gasteiger partial charge in [0.1, 0.15) is 11.0 Å². The number of H-pyrrole nitrogens is 1. The van der Waals surface area contributed by atoms with Gasteiger partial charge in [0.25, 0.3) is 0 Å².